The topological polar surface area (TPSA) is 16.1 Å². The first kappa shape index (κ1) is 12.5. The van der Waals surface area contributed by atoms with Crippen molar-refractivity contribution in [2.24, 2.45) is 0 Å². The summed E-state index contributed by atoms with van der Waals surface area (Å²) in [7, 11) is 2.12. The normalized spacial score (nSPS) is 10.8. The van der Waals surface area contributed by atoms with Crippen LogP contribution in [0.15, 0.2) is 16.7 Å². The van der Waals surface area contributed by atoms with Crippen molar-refractivity contribution in [2.75, 3.05) is 11.9 Å². The van der Waals surface area contributed by atoms with E-state index in [0.717, 1.165) is 23.1 Å². The van der Waals surface area contributed by atoms with Gasteiger partial charge in [-0.25, -0.2) is 4.98 Å². The van der Waals surface area contributed by atoms with Gasteiger partial charge in [0.2, 0.25) is 0 Å². The molecular weight excluding hydrogens is 252 g/mol. The average Bonchev–Trinajstić information content (AvgIpc) is 2.23. The summed E-state index contributed by atoms with van der Waals surface area (Å²) in [4.78, 5) is 6.70. The Hall–Kier alpha value is -0.570. The summed E-state index contributed by atoms with van der Waals surface area (Å²) in [6.45, 7) is 6.53. The van der Waals surface area contributed by atoms with Crippen molar-refractivity contribution >= 4 is 21.7 Å². The number of pyridine rings is 1. The molecule has 1 heterocycles. The summed E-state index contributed by atoms with van der Waals surface area (Å²) in [6, 6.07) is 2.59. The van der Waals surface area contributed by atoms with Gasteiger partial charge in [-0.05, 0) is 47.3 Å². The van der Waals surface area contributed by atoms with Crippen LogP contribution in [-0.4, -0.2) is 18.1 Å². The van der Waals surface area contributed by atoms with E-state index in [1.165, 1.54) is 5.56 Å². The van der Waals surface area contributed by atoms with Crippen molar-refractivity contribution < 1.29 is 0 Å². The van der Waals surface area contributed by atoms with Crippen molar-refractivity contribution in [3.8, 4) is 0 Å². The van der Waals surface area contributed by atoms with E-state index in [-0.39, 0.29) is 0 Å². The van der Waals surface area contributed by atoms with Crippen LogP contribution in [0.5, 0.6) is 0 Å². The molecule has 0 aliphatic rings. The van der Waals surface area contributed by atoms with Crippen molar-refractivity contribution in [2.45, 2.75) is 39.7 Å². The Labute approximate surface area is 101 Å². The zero-order valence-corrected chi connectivity index (χ0v) is 11.5. The zero-order valence-electron chi connectivity index (χ0n) is 9.92. The van der Waals surface area contributed by atoms with Gasteiger partial charge in [0.1, 0.15) is 5.82 Å². The minimum Gasteiger partial charge on any atom is -0.356 e. The second-order valence-corrected chi connectivity index (χ2v) is 4.64. The molecule has 1 aromatic rings. The number of nitrogens with zero attached hydrogens (tertiary/aromatic N) is 2. The Bertz CT molecular complexity index is 321. The Morgan fingerprint density at radius 3 is 2.53 bits per heavy atom. The smallest absolute Gasteiger partial charge is 0.143 e. The first-order valence-corrected chi connectivity index (χ1v) is 6.25. The summed E-state index contributed by atoms with van der Waals surface area (Å²) in [6.07, 6.45) is 4.17. The van der Waals surface area contributed by atoms with Crippen molar-refractivity contribution in [3.63, 3.8) is 0 Å². The lowest BCUT2D eigenvalue weighted by atomic mass is 10.1. The number of rotatable bonds is 4. The molecule has 15 heavy (non-hydrogen) atoms. The van der Waals surface area contributed by atoms with Gasteiger partial charge < -0.3 is 4.90 Å². The highest BCUT2D eigenvalue weighted by Gasteiger charge is 2.15. The molecule has 0 amide bonds. The van der Waals surface area contributed by atoms with Gasteiger partial charge in [-0.15, -0.1) is 0 Å². The van der Waals surface area contributed by atoms with E-state index < -0.39 is 0 Å². The standard InChI is InChI=1S/C12H19BrN2/c1-5-10(6-2)15(4)12-11(13)9(3)7-8-14-12/h7-8,10H,5-6H2,1-4H3. The lowest BCUT2D eigenvalue weighted by Crippen LogP contribution is -2.31. The van der Waals surface area contributed by atoms with Crippen LogP contribution in [0.1, 0.15) is 32.3 Å². The van der Waals surface area contributed by atoms with Crippen LogP contribution >= 0.6 is 15.9 Å². The quantitative estimate of drug-likeness (QED) is 0.828. The number of hydrogen-bond acceptors (Lipinski definition) is 2. The van der Waals surface area contributed by atoms with Crippen molar-refractivity contribution in [3.05, 3.63) is 22.3 Å². The molecule has 84 valence electrons. The van der Waals surface area contributed by atoms with E-state index in [1.54, 1.807) is 0 Å². The van der Waals surface area contributed by atoms with E-state index in [9.17, 15) is 0 Å². The van der Waals surface area contributed by atoms with Gasteiger partial charge >= 0.3 is 0 Å². The first-order valence-electron chi connectivity index (χ1n) is 5.45. The van der Waals surface area contributed by atoms with Crippen LogP contribution < -0.4 is 4.90 Å². The van der Waals surface area contributed by atoms with E-state index >= 15 is 0 Å². The fraction of sp³-hybridized carbons (Fsp3) is 0.583. The van der Waals surface area contributed by atoms with Gasteiger partial charge in [0.15, 0.2) is 0 Å². The maximum Gasteiger partial charge on any atom is 0.143 e. The SMILES string of the molecule is CCC(CC)N(C)c1nccc(C)c1Br. The molecule has 0 spiro atoms. The van der Waals surface area contributed by atoms with E-state index in [2.05, 4.69) is 53.6 Å². The summed E-state index contributed by atoms with van der Waals surface area (Å²) in [5, 5.41) is 0. The number of aryl methyl sites for hydroxylation is 1. The van der Waals surface area contributed by atoms with E-state index in [0.29, 0.717) is 6.04 Å². The third-order valence-corrected chi connectivity index (χ3v) is 3.87. The average molecular weight is 271 g/mol. The van der Waals surface area contributed by atoms with Crippen LogP contribution in [0, 0.1) is 6.92 Å². The van der Waals surface area contributed by atoms with Crippen molar-refractivity contribution in [1.29, 1.82) is 0 Å². The molecule has 0 bridgehead atoms. The Morgan fingerprint density at radius 1 is 1.40 bits per heavy atom. The number of aromatic nitrogens is 1. The number of halogens is 1. The third-order valence-electron chi connectivity index (χ3n) is 2.89. The monoisotopic (exact) mass is 270 g/mol. The minimum atomic E-state index is 0.565. The molecule has 0 saturated heterocycles. The van der Waals surface area contributed by atoms with Gasteiger partial charge in [0, 0.05) is 19.3 Å². The molecule has 1 rings (SSSR count). The van der Waals surface area contributed by atoms with Gasteiger partial charge in [-0.2, -0.15) is 0 Å². The lowest BCUT2D eigenvalue weighted by molar-refractivity contribution is 0.586. The molecule has 0 atom stereocenters. The number of anilines is 1. The molecular formula is C12H19BrN2. The summed E-state index contributed by atoms with van der Waals surface area (Å²) >= 11 is 3.60. The van der Waals surface area contributed by atoms with Crippen molar-refractivity contribution in [1.82, 2.24) is 4.98 Å². The lowest BCUT2D eigenvalue weighted by Gasteiger charge is -2.28. The fourth-order valence-corrected chi connectivity index (χ4v) is 2.30. The van der Waals surface area contributed by atoms with E-state index in [1.807, 2.05) is 12.3 Å². The molecule has 0 unspecified atom stereocenters. The highest BCUT2D eigenvalue weighted by molar-refractivity contribution is 9.10. The molecule has 0 fully saturated rings. The third kappa shape index (κ3) is 2.71. The van der Waals surface area contributed by atoms with Gasteiger partial charge in [0.25, 0.3) is 0 Å². The molecule has 0 aliphatic carbocycles. The second kappa shape index (κ2) is 5.50. The second-order valence-electron chi connectivity index (χ2n) is 3.85. The molecule has 0 radical (unpaired) electrons. The van der Waals surface area contributed by atoms with Crippen LogP contribution in [0.3, 0.4) is 0 Å². The number of hydrogen-bond donors (Lipinski definition) is 0. The van der Waals surface area contributed by atoms with Crippen LogP contribution in [0.4, 0.5) is 5.82 Å². The minimum absolute atomic E-state index is 0.565. The molecule has 0 saturated carbocycles. The van der Waals surface area contributed by atoms with Gasteiger partial charge in [-0.1, -0.05) is 13.8 Å². The summed E-state index contributed by atoms with van der Waals surface area (Å²) in [5.74, 6) is 1.05. The maximum absolute atomic E-state index is 4.43. The molecule has 2 nitrogen and oxygen atoms in total. The predicted molar refractivity (Wildman–Crippen MR) is 69.4 cm³/mol. The molecule has 1 aromatic heterocycles. The Morgan fingerprint density at radius 2 is 2.00 bits per heavy atom. The Kier molecular flexibility index (Phi) is 4.58. The highest BCUT2D eigenvalue weighted by Crippen LogP contribution is 2.28. The predicted octanol–water partition coefficient (Wildman–Crippen LogP) is 3.78. The largest absolute Gasteiger partial charge is 0.356 e. The van der Waals surface area contributed by atoms with Gasteiger partial charge in [0.05, 0.1) is 4.47 Å². The zero-order chi connectivity index (χ0) is 11.4. The van der Waals surface area contributed by atoms with Gasteiger partial charge in [-0.3, -0.25) is 0 Å². The summed E-state index contributed by atoms with van der Waals surface area (Å²) < 4.78 is 1.11. The first-order chi connectivity index (χ1) is 7.11. The maximum atomic E-state index is 4.43. The van der Waals surface area contributed by atoms with Crippen LogP contribution in [0.2, 0.25) is 0 Å². The van der Waals surface area contributed by atoms with Crippen LogP contribution in [-0.2, 0) is 0 Å². The Balaban J connectivity index is 2.99. The highest BCUT2D eigenvalue weighted by atomic mass is 79.9. The fourth-order valence-electron chi connectivity index (χ4n) is 1.78. The molecule has 0 aliphatic heterocycles. The summed E-state index contributed by atoms with van der Waals surface area (Å²) in [5.41, 5.74) is 1.23. The molecule has 0 aromatic carbocycles. The molecule has 3 heteroatoms. The van der Waals surface area contributed by atoms with Crippen LogP contribution in [0.25, 0.3) is 0 Å². The molecule has 0 N–H and O–H groups in total. The van der Waals surface area contributed by atoms with E-state index in [4.69, 9.17) is 0 Å².